The Bertz CT molecular complexity index is 849. The van der Waals surface area contributed by atoms with Gasteiger partial charge in [0.25, 0.3) is 5.56 Å². The smallest absolute Gasteiger partial charge is 0.342 e. The van der Waals surface area contributed by atoms with E-state index in [1.54, 1.807) is 19.1 Å². The molecule has 1 aromatic carbocycles. The van der Waals surface area contributed by atoms with Crippen molar-refractivity contribution in [3.8, 4) is 5.75 Å². The second-order valence-electron chi connectivity index (χ2n) is 4.45. The zero-order valence-corrected chi connectivity index (χ0v) is 13.8. The van der Waals surface area contributed by atoms with Crippen LogP contribution < -0.4 is 21.3 Å². The molecule has 8 nitrogen and oxygen atoms in total. The fourth-order valence-corrected chi connectivity index (χ4v) is 2.47. The molecule has 2 rings (SSSR count). The van der Waals surface area contributed by atoms with E-state index in [0.29, 0.717) is 16.5 Å². The third-order valence-corrected chi connectivity index (χ3v) is 4.14. The number of rotatable bonds is 5. The van der Waals surface area contributed by atoms with Crippen LogP contribution in [0.1, 0.15) is 5.56 Å². The van der Waals surface area contributed by atoms with Gasteiger partial charge in [-0.2, -0.15) is 5.10 Å². The number of nitrogens with one attached hydrogen (secondary N) is 3. The molecule has 0 atom stereocenters. The van der Waals surface area contributed by atoms with Gasteiger partial charge >= 0.3 is 5.69 Å². The fraction of sp³-hybridized carbons (Fsp3) is 0.231. The monoisotopic (exact) mass is 356 g/mol. The van der Waals surface area contributed by atoms with Crippen LogP contribution in [0.5, 0.6) is 5.75 Å². The van der Waals surface area contributed by atoms with Gasteiger partial charge in [0.15, 0.2) is 5.03 Å². The molecule has 10 heteroatoms. The Hall–Kier alpha value is -2.26. The first-order valence-corrected chi connectivity index (χ1v) is 7.73. The Kier molecular flexibility index (Phi) is 5.45. The van der Waals surface area contributed by atoms with Crippen molar-refractivity contribution >= 4 is 35.0 Å². The number of ether oxygens (including phenoxy) is 1. The molecule has 0 spiro atoms. The predicted molar refractivity (Wildman–Crippen MR) is 87.6 cm³/mol. The number of carbonyl (C=O) groups is 1. The molecule has 0 fully saturated rings. The minimum atomic E-state index is -0.704. The van der Waals surface area contributed by atoms with Crippen molar-refractivity contribution in [3.63, 3.8) is 0 Å². The minimum absolute atomic E-state index is 0.000924. The largest absolute Gasteiger partial charge is 0.495 e. The van der Waals surface area contributed by atoms with Gasteiger partial charge < -0.3 is 10.1 Å². The van der Waals surface area contributed by atoms with Gasteiger partial charge in [0.2, 0.25) is 5.91 Å². The second kappa shape index (κ2) is 7.34. The first-order chi connectivity index (χ1) is 10.9. The summed E-state index contributed by atoms with van der Waals surface area (Å²) < 4.78 is 5.16. The van der Waals surface area contributed by atoms with Crippen molar-refractivity contribution in [2.75, 3.05) is 18.2 Å². The molecule has 122 valence electrons. The number of anilines is 1. The number of hydrogen-bond acceptors (Lipinski definition) is 6. The van der Waals surface area contributed by atoms with Gasteiger partial charge in [-0.25, -0.2) is 9.89 Å². The lowest BCUT2D eigenvalue weighted by Gasteiger charge is -2.12. The third-order valence-electron chi connectivity index (χ3n) is 2.78. The number of H-pyrrole nitrogens is 2. The molecule has 1 heterocycles. The van der Waals surface area contributed by atoms with E-state index < -0.39 is 11.2 Å². The number of benzene rings is 1. The Morgan fingerprint density at radius 1 is 1.43 bits per heavy atom. The molecular formula is C13H13ClN4O4S. The second-order valence-corrected chi connectivity index (χ2v) is 5.82. The molecule has 2 aromatic rings. The van der Waals surface area contributed by atoms with Gasteiger partial charge in [-0.1, -0.05) is 23.4 Å². The number of halogens is 1. The number of methoxy groups -OCH3 is 1. The molecule has 0 radical (unpaired) electrons. The van der Waals surface area contributed by atoms with E-state index in [-0.39, 0.29) is 16.7 Å². The maximum atomic E-state index is 12.0. The van der Waals surface area contributed by atoms with Crippen molar-refractivity contribution in [1.29, 1.82) is 0 Å². The molecule has 0 saturated carbocycles. The SMILES string of the molecule is COc1cc(Cl)c(C)cc1NC(=O)CSc1n[nH]c(=O)[nH]c1=O. The first-order valence-electron chi connectivity index (χ1n) is 6.36. The number of nitrogens with zero attached hydrogens (tertiary/aromatic N) is 1. The standard InChI is InChI=1S/C13H13ClN4O4S/c1-6-3-8(9(22-2)4-7(6)14)15-10(19)5-23-12-11(20)16-13(21)18-17-12/h3-4H,5H2,1-2H3,(H,15,19)(H2,16,18,20,21). The molecule has 23 heavy (non-hydrogen) atoms. The Labute approximate surface area is 139 Å². The average Bonchev–Trinajstić information content (AvgIpc) is 2.49. The molecule has 0 aliphatic carbocycles. The van der Waals surface area contributed by atoms with Crippen LogP contribution in [-0.4, -0.2) is 34.0 Å². The summed E-state index contributed by atoms with van der Waals surface area (Å²) in [7, 11) is 1.47. The molecule has 0 saturated heterocycles. The molecule has 0 aliphatic rings. The van der Waals surface area contributed by atoms with E-state index in [0.717, 1.165) is 17.3 Å². The highest BCUT2D eigenvalue weighted by Gasteiger charge is 2.12. The normalized spacial score (nSPS) is 10.4. The quantitative estimate of drug-likeness (QED) is 0.692. The lowest BCUT2D eigenvalue weighted by molar-refractivity contribution is -0.113. The molecule has 0 unspecified atom stereocenters. The van der Waals surface area contributed by atoms with Crippen molar-refractivity contribution in [3.05, 3.63) is 43.6 Å². The number of aryl methyl sites for hydroxylation is 1. The van der Waals surface area contributed by atoms with Crippen LogP contribution in [0, 0.1) is 6.92 Å². The van der Waals surface area contributed by atoms with Crippen LogP contribution in [0.15, 0.2) is 26.7 Å². The van der Waals surface area contributed by atoms with Crippen LogP contribution in [0.3, 0.4) is 0 Å². The number of hydrogen-bond donors (Lipinski definition) is 3. The van der Waals surface area contributed by atoms with E-state index in [9.17, 15) is 14.4 Å². The van der Waals surface area contributed by atoms with Gasteiger partial charge in [0.1, 0.15) is 5.75 Å². The maximum Gasteiger partial charge on any atom is 0.342 e. The summed E-state index contributed by atoms with van der Waals surface area (Å²) >= 11 is 6.90. The van der Waals surface area contributed by atoms with Crippen LogP contribution in [0.2, 0.25) is 5.02 Å². The number of aromatic nitrogens is 3. The molecule has 1 amide bonds. The van der Waals surface area contributed by atoms with Gasteiger partial charge in [-0.3, -0.25) is 14.6 Å². The van der Waals surface area contributed by atoms with Gasteiger partial charge in [0.05, 0.1) is 18.6 Å². The van der Waals surface area contributed by atoms with Crippen molar-refractivity contribution in [2.45, 2.75) is 11.9 Å². The van der Waals surface area contributed by atoms with E-state index in [1.165, 1.54) is 7.11 Å². The van der Waals surface area contributed by atoms with E-state index in [1.807, 2.05) is 4.98 Å². The topological polar surface area (TPSA) is 117 Å². The molecular weight excluding hydrogens is 344 g/mol. The average molecular weight is 357 g/mol. The highest BCUT2D eigenvalue weighted by molar-refractivity contribution is 7.99. The first kappa shape index (κ1) is 17.1. The van der Waals surface area contributed by atoms with Crippen LogP contribution in [0.25, 0.3) is 0 Å². The lowest BCUT2D eigenvalue weighted by Crippen LogP contribution is -2.25. The minimum Gasteiger partial charge on any atom is -0.495 e. The van der Waals surface area contributed by atoms with Gasteiger partial charge in [-0.05, 0) is 18.6 Å². The summed E-state index contributed by atoms with van der Waals surface area (Å²) in [5, 5.41) is 8.87. The molecule has 3 N–H and O–H groups in total. The van der Waals surface area contributed by atoms with Crippen LogP contribution in [0.4, 0.5) is 5.69 Å². The summed E-state index contributed by atoms with van der Waals surface area (Å²) in [6, 6.07) is 3.29. The van der Waals surface area contributed by atoms with E-state index >= 15 is 0 Å². The summed E-state index contributed by atoms with van der Waals surface area (Å²) in [6.45, 7) is 1.80. The number of amides is 1. The van der Waals surface area contributed by atoms with Crippen molar-refractivity contribution in [2.24, 2.45) is 0 Å². The predicted octanol–water partition coefficient (Wildman–Crippen LogP) is 1.16. The highest BCUT2D eigenvalue weighted by Crippen LogP contribution is 2.31. The Morgan fingerprint density at radius 2 is 2.17 bits per heavy atom. The number of aromatic amines is 2. The van der Waals surface area contributed by atoms with E-state index in [4.69, 9.17) is 16.3 Å². The summed E-state index contributed by atoms with van der Waals surface area (Å²) in [5.74, 6) is 0.00818. The number of carbonyl (C=O) groups excluding carboxylic acids is 1. The van der Waals surface area contributed by atoms with Crippen molar-refractivity contribution < 1.29 is 9.53 Å². The maximum absolute atomic E-state index is 12.0. The molecule has 0 bridgehead atoms. The third kappa shape index (κ3) is 4.36. The summed E-state index contributed by atoms with van der Waals surface area (Å²) in [6.07, 6.45) is 0. The van der Waals surface area contributed by atoms with Crippen LogP contribution >= 0.6 is 23.4 Å². The van der Waals surface area contributed by atoms with Crippen molar-refractivity contribution in [1.82, 2.24) is 15.2 Å². The summed E-state index contributed by atoms with van der Waals surface area (Å²) in [5.41, 5.74) is -0.0888. The summed E-state index contributed by atoms with van der Waals surface area (Å²) in [4.78, 5) is 36.4. The van der Waals surface area contributed by atoms with E-state index in [2.05, 4.69) is 15.5 Å². The Morgan fingerprint density at radius 3 is 2.83 bits per heavy atom. The zero-order valence-electron chi connectivity index (χ0n) is 12.2. The molecule has 0 aliphatic heterocycles. The Balaban J connectivity index is 2.06. The number of thioether (sulfide) groups is 1. The molecule has 1 aromatic heterocycles. The van der Waals surface area contributed by atoms with Crippen LogP contribution in [-0.2, 0) is 4.79 Å². The fourth-order valence-electron chi connectivity index (χ4n) is 1.68. The van der Waals surface area contributed by atoms with Gasteiger partial charge in [0, 0.05) is 11.1 Å². The highest BCUT2D eigenvalue weighted by atomic mass is 35.5. The van der Waals surface area contributed by atoms with Gasteiger partial charge in [-0.15, -0.1) is 0 Å². The zero-order chi connectivity index (χ0) is 17.0. The lowest BCUT2D eigenvalue weighted by atomic mass is 10.2.